The van der Waals surface area contributed by atoms with Crippen molar-refractivity contribution in [3.05, 3.63) is 85.0 Å². The number of imidazole rings is 2. The van der Waals surface area contributed by atoms with Crippen LogP contribution in [0, 0.1) is 0 Å². The van der Waals surface area contributed by atoms with Crippen LogP contribution < -0.4 is 20.9 Å². The van der Waals surface area contributed by atoms with Crippen molar-refractivity contribution in [1.82, 2.24) is 39.0 Å². The normalized spacial score (nSPS) is 29.7. The number of hydrogen-bond donors (Lipinski definition) is 2. The third-order valence-electron chi connectivity index (χ3n) is 10.3. The molecule has 64 heavy (non-hydrogen) atoms. The number of ether oxygens (including phenoxy) is 4. The number of carbonyl (C=O) groups excluding carboxylic acids is 1. The van der Waals surface area contributed by atoms with Crippen molar-refractivity contribution in [2.24, 2.45) is 0 Å². The SMILES string of the molecule is [B][P@]1(=O)OC[C@H]2O[C@@H](n3cnc4c(N)ncnc43)[C@H](F)[C@@H]2O[P@@](=O)(SCc2ccc(OC(=O)c3ccc(OCCC)cc3)cc2)OC[C@H]2O[C@@H](n3cnc4c(N)ncnc43)[C@H](F)[C@@H]2O1. The van der Waals surface area contributed by atoms with Gasteiger partial charge in [-0.3, -0.25) is 22.7 Å². The lowest BCUT2D eigenvalue weighted by Crippen LogP contribution is -2.37. The van der Waals surface area contributed by atoms with E-state index < -0.39 is 82.7 Å². The van der Waals surface area contributed by atoms with Gasteiger partial charge in [0.15, 0.2) is 47.7 Å². The standard InChI is InChI=1S/C37H37BF2N10O11P2S/c1-2-11-54-21-9-5-20(6-10-21)37(51)57-22-7-3-19(4-8-22)14-64-63(53)56-13-24-29(25(39)35(59-24)49-17-47-27-31(41)43-15-45-33(27)49)60-62(38,52)55-12-23-30(61-63)26(40)36(58-23)50-18-48-28-32(42)44-16-46-34(28)50/h3-10,15-18,23-26,29-30,35-36H,2,11-14H2,1H3,(H2,41,43,45)(H2,42,44,46)/t23-,24-,25-,26-,29-,30-,35-,36-,62+,63+/m1/s1. The average molecular weight is 941 g/mol. The molecule has 0 aliphatic carbocycles. The monoisotopic (exact) mass is 940 g/mol. The summed E-state index contributed by atoms with van der Waals surface area (Å²) in [7, 11) is 1.31. The summed E-state index contributed by atoms with van der Waals surface area (Å²) in [4.78, 5) is 37.3. The summed E-state index contributed by atoms with van der Waals surface area (Å²) >= 11 is 0.674. The van der Waals surface area contributed by atoms with Crippen molar-refractivity contribution >= 4 is 73.2 Å². The number of fused-ring (bicyclic) bond motifs is 4. The van der Waals surface area contributed by atoms with E-state index in [1.807, 2.05) is 6.92 Å². The van der Waals surface area contributed by atoms with Crippen LogP contribution in [-0.2, 0) is 42.5 Å². The molecule has 3 fully saturated rings. The van der Waals surface area contributed by atoms with Gasteiger partial charge in [0.2, 0.25) is 7.57 Å². The zero-order valence-electron chi connectivity index (χ0n) is 33.4. The summed E-state index contributed by atoms with van der Waals surface area (Å²) in [6.07, 6.45) is -8.09. The van der Waals surface area contributed by atoms with Crippen molar-refractivity contribution in [3.63, 3.8) is 0 Å². The molecule has 0 spiro atoms. The van der Waals surface area contributed by atoms with Gasteiger partial charge in [0.25, 0.3) is 7.47 Å². The van der Waals surface area contributed by atoms with Crippen molar-refractivity contribution in [1.29, 1.82) is 0 Å². The number of halogens is 2. The molecule has 0 unspecified atom stereocenters. The Hall–Kier alpha value is -5.10. The van der Waals surface area contributed by atoms with Crippen molar-refractivity contribution in [2.75, 3.05) is 31.3 Å². The van der Waals surface area contributed by atoms with Crippen LogP contribution in [0.4, 0.5) is 20.4 Å². The number of rotatable bonds is 10. The van der Waals surface area contributed by atoms with Crippen LogP contribution in [0.15, 0.2) is 73.8 Å². The third kappa shape index (κ3) is 8.96. The first-order valence-electron chi connectivity index (χ1n) is 19.6. The molecule has 3 saturated heterocycles. The Balaban J connectivity index is 0.975. The highest BCUT2D eigenvalue weighted by Gasteiger charge is 2.54. The highest BCUT2D eigenvalue weighted by molar-refractivity contribution is 8.54. The summed E-state index contributed by atoms with van der Waals surface area (Å²) in [6, 6.07) is 12.8. The van der Waals surface area contributed by atoms with E-state index in [2.05, 4.69) is 29.9 Å². The lowest BCUT2D eigenvalue weighted by Gasteiger charge is -2.30. The zero-order valence-corrected chi connectivity index (χ0v) is 36.0. The number of hydrogen-bond acceptors (Lipinski definition) is 20. The minimum atomic E-state index is -4.69. The first-order valence-corrected chi connectivity index (χ1v) is 24.3. The summed E-state index contributed by atoms with van der Waals surface area (Å²) < 4.78 is 111. The predicted molar refractivity (Wildman–Crippen MR) is 225 cm³/mol. The molecule has 2 radical (unpaired) electrons. The maximum Gasteiger partial charge on any atom is 0.389 e. The second-order valence-corrected chi connectivity index (χ2v) is 20.2. The Morgan fingerprint density at radius 2 is 1.34 bits per heavy atom. The summed E-state index contributed by atoms with van der Waals surface area (Å²) in [5.74, 6) is 0.239. The fourth-order valence-electron chi connectivity index (χ4n) is 7.14. The van der Waals surface area contributed by atoms with E-state index in [0.29, 0.717) is 34.9 Å². The fourth-order valence-corrected chi connectivity index (χ4v) is 11.5. The van der Waals surface area contributed by atoms with Gasteiger partial charge in [-0.15, -0.1) is 0 Å². The van der Waals surface area contributed by atoms with Crippen LogP contribution in [-0.4, -0.2) is 109 Å². The second kappa shape index (κ2) is 18.1. The van der Waals surface area contributed by atoms with Gasteiger partial charge >= 0.3 is 12.8 Å². The quantitative estimate of drug-likeness (QED) is 0.0749. The Kier molecular flexibility index (Phi) is 12.4. The van der Waals surface area contributed by atoms with Gasteiger partial charge in [-0.05, 0) is 59.8 Å². The topological polar surface area (TPSA) is 264 Å². The maximum atomic E-state index is 16.8. The molecule has 334 valence electrons. The van der Waals surface area contributed by atoms with E-state index in [1.54, 1.807) is 36.4 Å². The number of nitrogen functional groups attached to an aromatic ring is 2. The Morgan fingerprint density at radius 1 is 0.797 bits per heavy atom. The van der Waals surface area contributed by atoms with Gasteiger partial charge in [-0.2, -0.15) is 0 Å². The molecule has 6 aromatic rings. The van der Waals surface area contributed by atoms with Crippen LogP contribution in [0.25, 0.3) is 22.3 Å². The number of carbonyl (C=O) groups is 1. The second-order valence-electron chi connectivity index (χ2n) is 14.6. The van der Waals surface area contributed by atoms with E-state index in [4.69, 9.17) is 56.1 Å². The molecular weight excluding hydrogens is 903 g/mol. The van der Waals surface area contributed by atoms with Gasteiger partial charge in [0, 0.05) is 5.75 Å². The molecule has 4 aromatic heterocycles. The van der Waals surface area contributed by atoms with E-state index in [1.165, 1.54) is 33.9 Å². The molecule has 27 heteroatoms. The minimum absolute atomic E-state index is 0.0211. The third-order valence-corrected chi connectivity index (χ3v) is 15.0. The lowest BCUT2D eigenvalue weighted by atomic mass is 10.1. The lowest BCUT2D eigenvalue weighted by molar-refractivity contribution is -0.0546. The smallest absolute Gasteiger partial charge is 0.389 e. The Morgan fingerprint density at radius 3 is 1.92 bits per heavy atom. The van der Waals surface area contributed by atoms with Gasteiger partial charge in [-0.1, -0.05) is 19.1 Å². The van der Waals surface area contributed by atoms with Crippen LogP contribution >= 0.6 is 25.7 Å². The highest BCUT2D eigenvalue weighted by atomic mass is 32.7. The number of anilines is 2. The van der Waals surface area contributed by atoms with Crippen LogP contribution in [0.2, 0.25) is 0 Å². The number of esters is 1. The van der Waals surface area contributed by atoms with Gasteiger partial charge in [0.1, 0.15) is 59.6 Å². The molecule has 2 aromatic carbocycles. The van der Waals surface area contributed by atoms with Gasteiger partial charge < -0.3 is 39.5 Å². The fraction of sp³-hybridized carbons (Fsp3) is 0.378. The van der Waals surface area contributed by atoms with E-state index in [0.717, 1.165) is 19.1 Å². The number of alkyl halides is 2. The number of nitrogens with zero attached hydrogens (tertiary/aromatic N) is 8. The maximum absolute atomic E-state index is 16.8. The first kappa shape index (κ1) is 44.1. The minimum Gasteiger partial charge on any atom is -0.494 e. The van der Waals surface area contributed by atoms with Crippen LogP contribution in [0.1, 0.15) is 41.7 Å². The molecule has 21 nitrogen and oxygen atoms in total. The van der Waals surface area contributed by atoms with E-state index in [-0.39, 0.29) is 45.5 Å². The number of benzene rings is 2. The van der Waals surface area contributed by atoms with Crippen molar-refractivity contribution in [3.8, 4) is 11.5 Å². The van der Waals surface area contributed by atoms with E-state index in [9.17, 15) is 13.9 Å². The molecular formula is C37H37BF2N10O11P2S. The summed E-state index contributed by atoms with van der Waals surface area (Å²) in [5, 5.41) is 0. The van der Waals surface area contributed by atoms with Crippen molar-refractivity contribution in [2.45, 2.75) is 68.3 Å². The Bertz CT molecular complexity index is 2760. The highest BCUT2D eigenvalue weighted by Crippen LogP contribution is 2.65. The summed E-state index contributed by atoms with van der Waals surface area (Å²) in [6.45, 7) is -3.48. The number of aromatic nitrogens is 8. The molecule has 0 bridgehead atoms. The zero-order chi connectivity index (χ0) is 44.8. The largest absolute Gasteiger partial charge is 0.494 e. The molecule has 3 aliphatic heterocycles. The number of nitrogens with two attached hydrogens (primary N) is 2. The van der Waals surface area contributed by atoms with Crippen LogP contribution in [0.3, 0.4) is 0 Å². The van der Waals surface area contributed by atoms with Gasteiger partial charge in [0.05, 0.1) is 38.0 Å². The average Bonchev–Trinajstić information content (AvgIpc) is 4.06. The molecule has 4 N–H and O–H groups in total. The Labute approximate surface area is 367 Å². The summed E-state index contributed by atoms with van der Waals surface area (Å²) in [5.41, 5.74) is 13.3. The molecule has 0 amide bonds. The predicted octanol–water partition coefficient (Wildman–Crippen LogP) is 5.44. The molecule has 0 saturated carbocycles. The molecule has 10 atom stereocenters. The molecule has 3 aliphatic rings. The van der Waals surface area contributed by atoms with Gasteiger partial charge in [-0.25, -0.2) is 48.0 Å². The van der Waals surface area contributed by atoms with E-state index >= 15 is 8.78 Å². The molecule has 7 heterocycles. The van der Waals surface area contributed by atoms with Crippen molar-refractivity contribution < 1.29 is 59.7 Å². The van der Waals surface area contributed by atoms with Crippen LogP contribution in [0.5, 0.6) is 11.5 Å². The molecule has 9 rings (SSSR count). The first-order chi connectivity index (χ1) is 30.8.